The number of hydrogen-bond donors (Lipinski definition) is 1. The number of hydrogen-bond acceptors (Lipinski definition) is 7. The lowest BCUT2D eigenvalue weighted by Gasteiger charge is -2.35. The predicted molar refractivity (Wildman–Crippen MR) is 175 cm³/mol. The molecule has 2 amide bonds. The zero-order chi connectivity index (χ0) is 31.6. The van der Waals surface area contributed by atoms with E-state index in [1.165, 1.54) is 6.07 Å². The summed E-state index contributed by atoms with van der Waals surface area (Å²) < 4.78 is 14.8. The number of nitrogens with zero attached hydrogens (tertiary/aromatic N) is 6. The number of halogens is 2. The van der Waals surface area contributed by atoms with Crippen LogP contribution in [0, 0.1) is 5.82 Å². The maximum Gasteiger partial charge on any atom is 0.293 e. The highest BCUT2D eigenvalue weighted by atomic mass is 35.5. The Morgan fingerprint density at radius 1 is 0.826 bits per heavy atom. The molecule has 228 valence electrons. The van der Waals surface area contributed by atoms with Crippen molar-refractivity contribution in [3.63, 3.8) is 0 Å². The van der Waals surface area contributed by atoms with E-state index in [9.17, 15) is 14.0 Å². The van der Waals surface area contributed by atoms with E-state index < -0.39 is 11.7 Å². The van der Waals surface area contributed by atoms with Crippen molar-refractivity contribution in [2.75, 3.05) is 36.4 Å². The molecular weight excluding hydrogens is 605 g/mol. The van der Waals surface area contributed by atoms with E-state index in [0.717, 1.165) is 5.82 Å². The van der Waals surface area contributed by atoms with Crippen LogP contribution in [0.5, 0.6) is 0 Å². The van der Waals surface area contributed by atoms with E-state index in [4.69, 9.17) is 16.6 Å². The molecule has 3 aromatic carbocycles. The second-order valence-electron chi connectivity index (χ2n) is 10.9. The summed E-state index contributed by atoms with van der Waals surface area (Å²) in [5.74, 6) is -0.117. The summed E-state index contributed by atoms with van der Waals surface area (Å²) in [6.45, 7) is 2.77. The Bertz CT molecular complexity index is 1980. The molecule has 11 heteroatoms. The van der Waals surface area contributed by atoms with Crippen LogP contribution in [0.25, 0.3) is 11.3 Å². The van der Waals surface area contributed by atoms with Crippen LogP contribution in [-0.4, -0.2) is 63.6 Å². The standard InChI is InChI=1S/C35H27ClFN7O2/c36-24-10-13-26-28(19-24)32(27-5-1-2-6-29(27)37)39-20-23-21-40-33(42-31(23)26)34(45)41-25-11-8-22(9-12-25)35(46)44-17-15-43(16-18-44)30-7-3-4-14-38-30/h1-14,19,21H,15-18,20H2,(H,41,45). The predicted octanol–water partition coefficient (Wildman–Crippen LogP) is 5.90. The summed E-state index contributed by atoms with van der Waals surface area (Å²) in [5, 5.41) is 3.29. The fourth-order valence-electron chi connectivity index (χ4n) is 5.66. The second-order valence-corrected chi connectivity index (χ2v) is 11.3. The topological polar surface area (TPSA) is 104 Å². The minimum Gasteiger partial charge on any atom is -0.353 e. The molecular formula is C35H27ClFN7O2. The lowest BCUT2D eigenvalue weighted by atomic mass is 9.95. The number of rotatable bonds is 5. The van der Waals surface area contributed by atoms with Gasteiger partial charge in [-0.25, -0.2) is 19.3 Å². The maximum atomic E-state index is 14.8. The van der Waals surface area contributed by atoms with Crippen LogP contribution < -0.4 is 10.2 Å². The van der Waals surface area contributed by atoms with Gasteiger partial charge in [0, 0.05) is 77.1 Å². The molecule has 0 spiro atoms. The van der Waals surface area contributed by atoms with Crippen molar-refractivity contribution in [2.24, 2.45) is 4.99 Å². The smallest absolute Gasteiger partial charge is 0.293 e. The quantitative estimate of drug-likeness (QED) is 0.259. The minimum atomic E-state index is -0.512. The molecule has 5 aromatic rings. The first-order chi connectivity index (χ1) is 22.4. The molecule has 2 aliphatic heterocycles. The van der Waals surface area contributed by atoms with E-state index in [0.29, 0.717) is 76.1 Å². The summed E-state index contributed by atoms with van der Waals surface area (Å²) in [6, 6.07) is 24.2. The molecule has 46 heavy (non-hydrogen) atoms. The number of pyridine rings is 1. The lowest BCUT2D eigenvalue weighted by molar-refractivity contribution is 0.0746. The van der Waals surface area contributed by atoms with Gasteiger partial charge in [0.25, 0.3) is 11.8 Å². The van der Waals surface area contributed by atoms with Crippen LogP contribution in [0.3, 0.4) is 0 Å². The van der Waals surface area contributed by atoms with Gasteiger partial charge in [0.05, 0.1) is 18.0 Å². The molecule has 0 bridgehead atoms. The number of piperazine rings is 1. The lowest BCUT2D eigenvalue weighted by Crippen LogP contribution is -2.49. The summed E-state index contributed by atoms with van der Waals surface area (Å²) >= 11 is 6.35. The molecule has 2 aromatic heterocycles. The van der Waals surface area contributed by atoms with Crippen LogP contribution >= 0.6 is 11.6 Å². The van der Waals surface area contributed by atoms with E-state index in [1.54, 1.807) is 73.1 Å². The number of fused-ring (bicyclic) bond motifs is 3. The number of anilines is 2. The average Bonchev–Trinajstić information content (AvgIpc) is 3.25. The molecule has 1 saturated heterocycles. The van der Waals surface area contributed by atoms with E-state index >= 15 is 0 Å². The van der Waals surface area contributed by atoms with Gasteiger partial charge >= 0.3 is 0 Å². The van der Waals surface area contributed by atoms with Crippen LogP contribution in [0.2, 0.25) is 5.02 Å². The number of aliphatic imine (C=N–C) groups is 1. The normalized spacial score (nSPS) is 14.1. The molecule has 7 rings (SSSR count). The molecule has 0 saturated carbocycles. The van der Waals surface area contributed by atoms with Crippen molar-refractivity contribution in [3.8, 4) is 11.3 Å². The monoisotopic (exact) mass is 631 g/mol. The van der Waals surface area contributed by atoms with Gasteiger partial charge in [0.15, 0.2) is 0 Å². The van der Waals surface area contributed by atoms with Crippen LogP contribution in [-0.2, 0) is 6.54 Å². The summed E-state index contributed by atoms with van der Waals surface area (Å²) in [4.78, 5) is 48.4. The number of benzene rings is 3. The summed E-state index contributed by atoms with van der Waals surface area (Å²) in [5.41, 5.74) is 4.31. The molecule has 0 atom stereocenters. The molecule has 2 aliphatic rings. The van der Waals surface area contributed by atoms with Gasteiger partial charge in [-0.05, 0) is 60.7 Å². The highest BCUT2D eigenvalue weighted by molar-refractivity contribution is 6.31. The summed E-state index contributed by atoms with van der Waals surface area (Å²) in [6.07, 6.45) is 3.33. The Hall–Kier alpha value is -5.48. The van der Waals surface area contributed by atoms with Gasteiger partial charge in [0.1, 0.15) is 11.6 Å². The van der Waals surface area contributed by atoms with E-state index in [1.807, 2.05) is 23.1 Å². The Morgan fingerprint density at radius 3 is 2.37 bits per heavy atom. The number of aromatic nitrogens is 3. The zero-order valence-corrected chi connectivity index (χ0v) is 25.3. The first-order valence-electron chi connectivity index (χ1n) is 14.8. The van der Waals surface area contributed by atoms with Gasteiger partial charge in [0.2, 0.25) is 5.82 Å². The number of carbonyl (C=O) groups is 2. The van der Waals surface area contributed by atoms with Crippen LogP contribution in [0.4, 0.5) is 15.9 Å². The molecule has 9 nitrogen and oxygen atoms in total. The first kappa shape index (κ1) is 29.2. The highest BCUT2D eigenvalue weighted by Crippen LogP contribution is 2.33. The largest absolute Gasteiger partial charge is 0.353 e. The highest BCUT2D eigenvalue weighted by Gasteiger charge is 2.25. The Labute approximate surface area is 269 Å². The van der Waals surface area contributed by atoms with Gasteiger partial charge in [-0.3, -0.25) is 14.6 Å². The van der Waals surface area contributed by atoms with Gasteiger partial charge in [-0.1, -0.05) is 35.9 Å². The number of amides is 2. The van der Waals surface area contributed by atoms with Crippen LogP contribution in [0.15, 0.2) is 102 Å². The van der Waals surface area contributed by atoms with Crippen molar-refractivity contribution in [1.29, 1.82) is 0 Å². The van der Waals surface area contributed by atoms with E-state index in [-0.39, 0.29) is 18.3 Å². The van der Waals surface area contributed by atoms with Crippen molar-refractivity contribution in [2.45, 2.75) is 6.54 Å². The molecule has 1 N–H and O–H groups in total. The Morgan fingerprint density at radius 2 is 1.61 bits per heavy atom. The van der Waals surface area contributed by atoms with Gasteiger partial charge in [-0.2, -0.15) is 0 Å². The minimum absolute atomic E-state index is 0.0417. The maximum absolute atomic E-state index is 14.8. The van der Waals surface area contributed by atoms with Gasteiger partial charge < -0.3 is 15.1 Å². The number of carbonyl (C=O) groups excluding carboxylic acids is 2. The average molecular weight is 632 g/mol. The Kier molecular flexibility index (Phi) is 7.94. The van der Waals surface area contributed by atoms with Crippen molar-refractivity contribution >= 4 is 40.6 Å². The van der Waals surface area contributed by atoms with Gasteiger partial charge in [-0.15, -0.1) is 0 Å². The van der Waals surface area contributed by atoms with Crippen LogP contribution in [0.1, 0.15) is 37.7 Å². The number of nitrogens with one attached hydrogen (secondary N) is 1. The van der Waals surface area contributed by atoms with Crippen molar-refractivity contribution in [1.82, 2.24) is 19.9 Å². The molecule has 4 heterocycles. The molecule has 0 unspecified atom stereocenters. The Balaban J connectivity index is 1.06. The third-order valence-corrected chi connectivity index (χ3v) is 8.26. The second kappa shape index (κ2) is 12.5. The fourth-order valence-corrected chi connectivity index (χ4v) is 5.83. The third kappa shape index (κ3) is 5.82. The SMILES string of the molecule is O=C(Nc1ccc(C(=O)N2CCN(c3ccccn3)CC2)cc1)c1ncc2c(n1)-c1ccc(Cl)cc1C(c1ccccc1F)=NC2. The van der Waals surface area contributed by atoms with E-state index in [2.05, 4.69) is 25.2 Å². The fraction of sp³-hybridized carbons (Fsp3) is 0.143. The third-order valence-electron chi connectivity index (χ3n) is 8.03. The zero-order valence-electron chi connectivity index (χ0n) is 24.5. The molecule has 0 aliphatic carbocycles. The van der Waals surface area contributed by atoms with Crippen molar-refractivity contribution in [3.05, 3.63) is 136 Å². The molecule has 1 fully saturated rings. The summed E-state index contributed by atoms with van der Waals surface area (Å²) in [7, 11) is 0. The molecule has 0 radical (unpaired) electrons. The first-order valence-corrected chi connectivity index (χ1v) is 15.1. The van der Waals surface area contributed by atoms with Crippen molar-refractivity contribution < 1.29 is 14.0 Å².